The Bertz CT molecular complexity index is 692. The second-order valence-corrected chi connectivity index (χ2v) is 7.64. The Labute approximate surface area is 139 Å². The van der Waals surface area contributed by atoms with E-state index >= 15 is 0 Å². The molecule has 1 unspecified atom stereocenters. The quantitative estimate of drug-likeness (QED) is 0.801. The predicted octanol–water partition coefficient (Wildman–Crippen LogP) is 2.02. The van der Waals surface area contributed by atoms with E-state index in [1.165, 1.54) is 31.4 Å². The van der Waals surface area contributed by atoms with Crippen LogP contribution in [0.1, 0.15) is 30.4 Å². The van der Waals surface area contributed by atoms with E-state index in [1.807, 2.05) is 0 Å². The van der Waals surface area contributed by atoms with Gasteiger partial charge < -0.3 is 9.84 Å². The summed E-state index contributed by atoms with van der Waals surface area (Å²) < 4.78 is 56.4. The number of hydrogen-bond acceptors (Lipinski definition) is 4. The maximum atomic E-state index is 12.7. The standard InChI is InChI=1S/C15H19F2NO5S/c1-23-10-15(14(19)20)7-2-8-18(15)24(21,22)9-11-3-5-12(6-4-11)13(16)17/h3-6,13H,2,7-10H2,1H3,(H,19,20). The zero-order valence-electron chi connectivity index (χ0n) is 13.1. The Balaban J connectivity index is 2.27. The first-order valence-corrected chi connectivity index (χ1v) is 8.94. The highest BCUT2D eigenvalue weighted by molar-refractivity contribution is 7.88. The van der Waals surface area contributed by atoms with E-state index < -0.39 is 33.7 Å². The molecule has 1 saturated heterocycles. The van der Waals surface area contributed by atoms with Gasteiger partial charge in [-0.15, -0.1) is 0 Å². The highest BCUT2D eigenvalue weighted by Crippen LogP contribution is 2.34. The molecule has 1 heterocycles. The van der Waals surface area contributed by atoms with E-state index in [0.29, 0.717) is 12.0 Å². The summed E-state index contributed by atoms with van der Waals surface area (Å²) in [4.78, 5) is 11.7. The monoisotopic (exact) mass is 363 g/mol. The van der Waals surface area contributed by atoms with Crippen LogP contribution in [0.25, 0.3) is 0 Å². The number of carboxylic acids is 1. The number of nitrogens with zero attached hydrogens (tertiary/aromatic N) is 1. The molecule has 1 aliphatic heterocycles. The molecule has 1 N–H and O–H groups in total. The van der Waals surface area contributed by atoms with E-state index in [9.17, 15) is 27.1 Å². The molecule has 1 aliphatic rings. The number of benzene rings is 1. The molecular formula is C15H19F2NO5S. The first-order valence-electron chi connectivity index (χ1n) is 7.33. The van der Waals surface area contributed by atoms with Crippen molar-refractivity contribution >= 4 is 16.0 Å². The van der Waals surface area contributed by atoms with E-state index in [1.54, 1.807) is 0 Å². The van der Waals surface area contributed by atoms with Crippen molar-refractivity contribution in [1.29, 1.82) is 0 Å². The predicted molar refractivity (Wildman–Crippen MR) is 82.2 cm³/mol. The van der Waals surface area contributed by atoms with Crippen LogP contribution >= 0.6 is 0 Å². The van der Waals surface area contributed by atoms with Gasteiger partial charge >= 0.3 is 5.97 Å². The molecule has 0 aromatic heterocycles. The van der Waals surface area contributed by atoms with Gasteiger partial charge in [0, 0.05) is 19.2 Å². The van der Waals surface area contributed by atoms with Gasteiger partial charge in [0.25, 0.3) is 6.43 Å². The van der Waals surface area contributed by atoms with Crippen LogP contribution in [0.4, 0.5) is 8.78 Å². The van der Waals surface area contributed by atoms with Gasteiger partial charge in [0.2, 0.25) is 10.0 Å². The zero-order valence-corrected chi connectivity index (χ0v) is 13.9. The summed E-state index contributed by atoms with van der Waals surface area (Å²) in [5.41, 5.74) is -1.49. The average molecular weight is 363 g/mol. The number of aliphatic carboxylic acids is 1. The van der Waals surface area contributed by atoms with Crippen LogP contribution in [0, 0.1) is 0 Å². The summed E-state index contributed by atoms with van der Waals surface area (Å²) in [5, 5.41) is 9.52. The van der Waals surface area contributed by atoms with E-state index in [0.717, 1.165) is 4.31 Å². The van der Waals surface area contributed by atoms with Crippen molar-refractivity contribution in [1.82, 2.24) is 4.31 Å². The fraction of sp³-hybridized carbons (Fsp3) is 0.533. The molecule has 0 spiro atoms. The summed E-state index contributed by atoms with van der Waals surface area (Å²) in [6, 6.07) is 4.96. The van der Waals surface area contributed by atoms with Gasteiger partial charge in [-0.25, -0.2) is 17.2 Å². The average Bonchev–Trinajstić information content (AvgIpc) is 2.94. The lowest BCUT2D eigenvalue weighted by Gasteiger charge is -2.33. The van der Waals surface area contributed by atoms with Crippen molar-refractivity contribution in [3.63, 3.8) is 0 Å². The van der Waals surface area contributed by atoms with Gasteiger partial charge in [0.05, 0.1) is 12.4 Å². The van der Waals surface area contributed by atoms with E-state index in [-0.39, 0.29) is 25.1 Å². The van der Waals surface area contributed by atoms with Gasteiger partial charge in [-0.05, 0) is 18.4 Å². The molecule has 2 rings (SSSR count). The molecule has 0 radical (unpaired) electrons. The topological polar surface area (TPSA) is 83.9 Å². The number of rotatable bonds is 7. The summed E-state index contributed by atoms with van der Waals surface area (Å²) in [6.45, 7) is -0.154. The molecule has 1 aromatic carbocycles. The number of ether oxygens (including phenoxy) is 1. The Hall–Kier alpha value is -1.58. The number of hydrogen-bond donors (Lipinski definition) is 1. The molecular weight excluding hydrogens is 344 g/mol. The number of halogens is 2. The minimum Gasteiger partial charge on any atom is -0.480 e. The Kier molecular flexibility index (Phi) is 5.56. The van der Waals surface area contributed by atoms with E-state index in [4.69, 9.17) is 4.74 Å². The molecule has 0 saturated carbocycles. The normalized spacial score (nSPS) is 22.2. The number of carboxylic acid groups (broad SMARTS) is 1. The molecule has 6 nitrogen and oxygen atoms in total. The second kappa shape index (κ2) is 7.12. The molecule has 0 amide bonds. The SMILES string of the molecule is COCC1(C(=O)O)CCCN1S(=O)(=O)Cc1ccc(C(F)F)cc1. The Morgan fingerprint density at radius 3 is 2.50 bits per heavy atom. The summed E-state index contributed by atoms with van der Waals surface area (Å²) in [7, 11) is -2.62. The molecule has 1 aromatic rings. The molecule has 0 aliphatic carbocycles. The number of sulfonamides is 1. The number of methoxy groups -OCH3 is 1. The van der Waals surface area contributed by atoms with Gasteiger partial charge in [0.1, 0.15) is 0 Å². The molecule has 1 atom stereocenters. The summed E-state index contributed by atoms with van der Waals surface area (Å²) in [6.07, 6.45) is -2.05. The lowest BCUT2D eigenvalue weighted by Crippen LogP contribution is -2.56. The van der Waals surface area contributed by atoms with Crippen LogP contribution in [0.2, 0.25) is 0 Å². The maximum absolute atomic E-state index is 12.7. The van der Waals surface area contributed by atoms with Crippen LogP contribution in [-0.4, -0.2) is 49.6 Å². The van der Waals surface area contributed by atoms with Gasteiger partial charge in [-0.1, -0.05) is 24.3 Å². The van der Waals surface area contributed by atoms with Crippen molar-refractivity contribution in [2.45, 2.75) is 30.6 Å². The highest BCUT2D eigenvalue weighted by Gasteiger charge is 2.53. The van der Waals surface area contributed by atoms with Gasteiger partial charge in [-0.3, -0.25) is 4.79 Å². The highest BCUT2D eigenvalue weighted by atomic mass is 32.2. The molecule has 0 bridgehead atoms. The Morgan fingerprint density at radius 1 is 1.38 bits per heavy atom. The fourth-order valence-corrected chi connectivity index (χ4v) is 4.90. The number of carbonyl (C=O) groups is 1. The molecule has 9 heteroatoms. The lowest BCUT2D eigenvalue weighted by molar-refractivity contribution is -0.150. The summed E-state index contributed by atoms with van der Waals surface area (Å²) in [5.74, 6) is -1.70. The minimum absolute atomic E-state index is 0.0904. The third-order valence-electron chi connectivity index (χ3n) is 4.13. The van der Waals surface area contributed by atoms with Crippen LogP contribution in [0.15, 0.2) is 24.3 Å². The van der Waals surface area contributed by atoms with Crippen molar-refractivity contribution in [2.75, 3.05) is 20.3 Å². The van der Waals surface area contributed by atoms with Crippen LogP contribution in [0.3, 0.4) is 0 Å². The largest absolute Gasteiger partial charge is 0.480 e. The lowest BCUT2D eigenvalue weighted by atomic mass is 9.99. The first-order chi connectivity index (χ1) is 11.2. The fourth-order valence-electron chi connectivity index (χ4n) is 2.97. The third kappa shape index (κ3) is 3.57. The van der Waals surface area contributed by atoms with E-state index in [2.05, 4.69) is 0 Å². The first kappa shape index (κ1) is 18.8. The summed E-state index contributed by atoms with van der Waals surface area (Å²) >= 11 is 0. The Morgan fingerprint density at radius 2 is 2.00 bits per heavy atom. The third-order valence-corrected chi connectivity index (χ3v) is 6.03. The maximum Gasteiger partial charge on any atom is 0.327 e. The second-order valence-electron chi connectivity index (χ2n) is 5.74. The van der Waals surface area contributed by atoms with Crippen LogP contribution < -0.4 is 0 Å². The zero-order chi connectivity index (χ0) is 18.0. The molecule has 1 fully saturated rings. The smallest absolute Gasteiger partial charge is 0.327 e. The van der Waals surface area contributed by atoms with Crippen molar-refractivity contribution in [2.24, 2.45) is 0 Å². The van der Waals surface area contributed by atoms with Gasteiger partial charge in [-0.2, -0.15) is 4.31 Å². The number of alkyl halides is 2. The van der Waals surface area contributed by atoms with Crippen LogP contribution in [-0.2, 0) is 25.3 Å². The van der Waals surface area contributed by atoms with Crippen LogP contribution in [0.5, 0.6) is 0 Å². The van der Waals surface area contributed by atoms with Gasteiger partial charge in [0.15, 0.2) is 5.54 Å². The molecule has 24 heavy (non-hydrogen) atoms. The van der Waals surface area contributed by atoms with Crippen molar-refractivity contribution in [3.05, 3.63) is 35.4 Å². The minimum atomic E-state index is -3.94. The molecule has 134 valence electrons. The van der Waals surface area contributed by atoms with Crippen molar-refractivity contribution in [3.8, 4) is 0 Å². The van der Waals surface area contributed by atoms with Crippen molar-refractivity contribution < 1.29 is 31.8 Å².